The summed E-state index contributed by atoms with van der Waals surface area (Å²) in [6.07, 6.45) is 4.90. The summed E-state index contributed by atoms with van der Waals surface area (Å²) in [7, 11) is 2.35. The second kappa shape index (κ2) is 11.7. The second-order valence-electron chi connectivity index (χ2n) is 4.52. The smallest absolute Gasteiger partial charge is 0.0936 e. The minimum Gasteiger partial charge on any atom is -0.372 e. The molecule has 2 unspecified atom stereocenters. The lowest BCUT2D eigenvalue weighted by Crippen LogP contribution is -2.27. The maximum absolute atomic E-state index is 5.10. The molecule has 2 aliphatic rings. The van der Waals surface area contributed by atoms with Gasteiger partial charge >= 0.3 is 0 Å². The van der Waals surface area contributed by atoms with E-state index in [0.29, 0.717) is 12.2 Å². The first-order valence-electron chi connectivity index (χ1n) is 6.77. The molecule has 3 nitrogen and oxygen atoms in total. The van der Waals surface area contributed by atoms with Crippen molar-refractivity contribution in [3.8, 4) is 0 Å². The van der Waals surface area contributed by atoms with Crippen LogP contribution in [0.2, 0.25) is 6.55 Å². The van der Waals surface area contributed by atoms with E-state index in [1.165, 1.54) is 0 Å². The minimum absolute atomic E-state index is 0.233. The molecule has 0 bridgehead atoms. The van der Waals surface area contributed by atoms with Crippen molar-refractivity contribution in [2.45, 2.75) is 32.6 Å². The Morgan fingerprint density at radius 1 is 1.22 bits per heavy atom. The Balaban J connectivity index is 0.000000309. The van der Waals surface area contributed by atoms with Crippen molar-refractivity contribution >= 4 is 9.52 Å². The van der Waals surface area contributed by atoms with E-state index in [2.05, 4.69) is 43.8 Å². The Morgan fingerprint density at radius 2 is 1.61 bits per heavy atom. The van der Waals surface area contributed by atoms with Crippen molar-refractivity contribution in [1.82, 2.24) is 4.90 Å². The Labute approximate surface area is 115 Å². The summed E-state index contributed by atoms with van der Waals surface area (Å²) in [4.78, 5) is 2.27. The van der Waals surface area contributed by atoms with Gasteiger partial charge in [0.2, 0.25) is 0 Å². The molecule has 2 heterocycles. The van der Waals surface area contributed by atoms with Crippen molar-refractivity contribution in [2.75, 3.05) is 33.4 Å². The molecule has 2 aliphatic heterocycles. The molecular weight excluding hydrogens is 242 g/mol. The molecule has 0 aromatic heterocycles. The van der Waals surface area contributed by atoms with E-state index in [1.807, 2.05) is 6.92 Å². The van der Waals surface area contributed by atoms with Crippen LogP contribution in [0.3, 0.4) is 0 Å². The van der Waals surface area contributed by atoms with E-state index in [4.69, 9.17) is 9.47 Å². The number of allylic oxidation sites excluding steroid dienone is 2. The Hall–Kier alpha value is -0.423. The number of rotatable bonds is 5. The zero-order chi connectivity index (χ0) is 13.8. The summed E-state index contributed by atoms with van der Waals surface area (Å²) in [6, 6.07) is 0. The molecule has 18 heavy (non-hydrogen) atoms. The maximum Gasteiger partial charge on any atom is 0.0936 e. The van der Waals surface area contributed by atoms with Crippen LogP contribution >= 0.6 is 0 Å². The Kier molecular flexibility index (Phi) is 11.4. The van der Waals surface area contributed by atoms with Gasteiger partial charge in [0.15, 0.2) is 0 Å². The molecule has 0 aromatic carbocycles. The van der Waals surface area contributed by atoms with Gasteiger partial charge in [0.25, 0.3) is 0 Å². The fourth-order valence-corrected chi connectivity index (χ4v) is 1.82. The monoisotopic (exact) mass is 271 g/mol. The van der Waals surface area contributed by atoms with Crippen LogP contribution in [0.1, 0.15) is 13.8 Å². The van der Waals surface area contributed by atoms with Gasteiger partial charge in [-0.3, -0.25) is 0 Å². The molecule has 0 N–H and O–H groups in total. The Morgan fingerprint density at radius 3 is 1.78 bits per heavy atom. The first-order valence-corrected chi connectivity index (χ1v) is 9.00. The molecule has 0 spiro atoms. The molecule has 4 heteroatoms. The molecule has 2 atom stereocenters. The van der Waals surface area contributed by atoms with E-state index in [1.54, 1.807) is 6.08 Å². The summed E-state index contributed by atoms with van der Waals surface area (Å²) in [6.45, 7) is 13.6. The number of nitrogens with zero attached hydrogens (tertiary/aromatic N) is 1. The van der Waals surface area contributed by atoms with Crippen molar-refractivity contribution < 1.29 is 9.47 Å². The van der Waals surface area contributed by atoms with Crippen LogP contribution in [0.25, 0.3) is 0 Å². The SMILES string of the molecule is C=CC.CC=C[SiH2]C.CN(CC1CO1)CC1CO1. The highest BCUT2D eigenvalue weighted by Gasteiger charge is 2.28. The molecule has 0 aromatic rings. The molecule has 0 radical (unpaired) electrons. The number of hydrogen-bond donors (Lipinski definition) is 0. The quantitative estimate of drug-likeness (QED) is 0.432. The van der Waals surface area contributed by atoms with Gasteiger partial charge in [-0.25, -0.2) is 0 Å². The zero-order valence-electron chi connectivity index (χ0n) is 12.4. The van der Waals surface area contributed by atoms with E-state index in [9.17, 15) is 0 Å². The number of epoxide rings is 2. The van der Waals surface area contributed by atoms with Gasteiger partial charge in [-0.05, 0) is 20.9 Å². The van der Waals surface area contributed by atoms with Gasteiger partial charge < -0.3 is 14.4 Å². The number of hydrogen-bond acceptors (Lipinski definition) is 3. The molecule has 2 fully saturated rings. The topological polar surface area (TPSA) is 28.3 Å². The van der Waals surface area contributed by atoms with Crippen molar-refractivity contribution in [2.24, 2.45) is 0 Å². The maximum atomic E-state index is 5.10. The van der Waals surface area contributed by atoms with E-state index in [-0.39, 0.29) is 9.52 Å². The lowest BCUT2D eigenvalue weighted by molar-refractivity contribution is 0.256. The summed E-state index contributed by atoms with van der Waals surface area (Å²) < 4.78 is 10.2. The van der Waals surface area contributed by atoms with Crippen molar-refractivity contribution in [1.29, 1.82) is 0 Å². The summed E-state index contributed by atoms with van der Waals surface area (Å²) in [5.74, 6) is 0. The van der Waals surface area contributed by atoms with E-state index >= 15 is 0 Å². The lowest BCUT2D eigenvalue weighted by atomic mass is 10.4. The second-order valence-corrected chi connectivity index (χ2v) is 5.81. The molecule has 2 saturated heterocycles. The fraction of sp³-hybridized carbons (Fsp3) is 0.714. The zero-order valence-corrected chi connectivity index (χ0v) is 13.8. The van der Waals surface area contributed by atoms with Gasteiger partial charge in [0.05, 0.1) is 25.4 Å². The van der Waals surface area contributed by atoms with Crippen LogP contribution in [-0.4, -0.2) is 60.0 Å². The third-order valence-electron chi connectivity index (χ3n) is 2.31. The first-order chi connectivity index (χ1) is 8.67. The third kappa shape index (κ3) is 13.6. The predicted octanol–water partition coefficient (Wildman–Crippen LogP) is 1.64. The van der Waals surface area contributed by atoms with Crippen LogP contribution < -0.4 is 0 Å². The average molecular weight is 271 g/mol. The molecule has 0 saturated carbocycles. The highest BCUT2D eigenvalue weighted by molar-refractivity contribution is 6.40. The molecule has 2 rings (SSSR count). The number of likely N-dealkylation sites (N-methyl/N-ethyl adjacent to an activating group) is 1. The van der Waals surface area contributed by atoms with Gasteiger partial charge in [-0.1, -0.05) is 18.7 Å². The van der Waals surface area contributed by atoms with Crippen LogP contribution in [0.5, 0.6) is 0 Å². The fourth-order valence-electron chi connectivity index (χ4n) is 1.35. The predicted molar refractivity (Wildman–Crippen MR) is 82.1 cm³/mol. The van der Waals surface area contributed by atoms with Gasteiger partial charge in [-0.15, -0.1) is 12.3 Å². The van der Waals surface area contributed by atoms with E-state index < -0.39 is 0 Å². The average Bonchev–Trinajstić information content (AvgIpc) is 3.18. The standard InChI is InChI=1S/C7H13NO2.C4H10Si.C3H6/c1-8(2-6-4-9-6)3-7-5-10-7;1-3-4-5-2;1-3-2/h6-7H,2-5H2,1H3;3-4H,5H2,1-2H3;3H,1H2,2H3. The van der Waals surface area contributed by atoms with Crippen LogP contribution in [0.4, 0.5) is 0 Å². The van der Waals surface area contributed by atoms with Crippen LogP contribution in [0, 0.1) is 0 Å². The first kappa shape index (κ1) is 17.6. The largest absolute Gasteiger partial charge is 0.372 e. The molecule has 0 aliphatic carbocycles. The highest BCUT2D eigenvalue weighted by Crippen LogP contribution is 2.13. The number of ether oxygens (including phenoxy) is 2. The normalized spacial score (nSPS) is 24.5. The van der Waals surface area contributed by atoms with Gasteiger partial charge in [-0.2, -0.15) is 0 Å². The summed E-state index contributed by atoms with van der Waals surface area (Å²) in [5, 5.41) is 0. The van der Waals surface area contributed by atoms with Crippen molar-refractivity contribution in [3.05, 3.63) is 24.4 Å². The molecule has 106 valence electrons. The molecule has 0 amide bonds. The van der Waals surface area contributed by atoms with Gasteiger partial charge in [0.1, 0.15) is 0 Å². The third-order valence-corrected chi connectivity index (χ3v) is 3.25. The van der Waals surface area contributed by atoms with E-state index in [0.717, 1.165) is 26.3 Å². The summed E-state index contributed by atoms with van der Waals surface area (Å²) >= 11 is 0. The van der Waals surface area contributed by atoms with Crippen molar-refractivity contribution in [3.63, 3.8) is 0 Å². The lowest BCUT2D eigenvalue weighted by Gasteiger charge is -2.12. The van der Waals surface area contributed by atoms with Crippen LogP contribution in [0.15, 0.2) is 24.4 Å². The Bertz CT molecular complexity index is 212. The van der Waals surface area contributed by atoms with Crippen LogP contribution in [-0.2, 0) is 9.47 Å². The summed E-state index contributed by atoms with van der Waals surface area (Å²) in [5.41, 5.74) is 2.26. The highest BCUT2D eigenvalue weighted by atomic mass is 28.2. The minimum atomic E-state index is 0.233. The van der Waals surface area contributed by atoms with Gasteiger partial charge in [0, 0.05) is 22.6 Å². The molecular formula is C14H29NO2Si.